The molecular weight excluding hydrogens is 402 g/mol. The fourth-order valence-electron chi connectivity index (χ4n) is 3.93. The molecule has 1 aromatic heterocycles. The highest BCUT2D eigenvalue weighted by atomic mass is 16.5. The lowest BCUT2D eigenvalue weighted by Crippen LogP contribution is -2.48. The second-order valence-corrected chi connectivity index (χ2v) is 7.98. The number of hydrogen-bond donors (Lipinski definition) is 0. The highest BCUT2D eigenvalue weighted by molar-refractivity contribution is 5.93. The lowest BCUT2D eigenvalue weighted by Gasteiger charge is -2.34. The number of nitrogens with zero attached hydrogens (tertiary/aromatic N) is 3. The van der Waals surface area contributed by atoms with Crippen molar-refractivity contribution in [3.8, 4) is 11.3 Å². The number of aromatic nitrogens is 2. The molecule has 6 heteroatoms. The predicted molar refractivity (Wildman–Crippen MR) is 124 cm³/mol. The summed E-state index contributed by atoms with van der Waals surface area (Å²) in [4.78, 5) is 26.3. The Morgan fingerprint density at radius 1 is 1.09 bits per heavy atom. The summed E-state index contributed by atoms with van der Waals surface area (Å²) >= 11 is 0. The minimum atomic E-state index is -0.215. The van der Waals surface area contributed by atoms with Crippen LogP contribution in [0, 0.1) is 0 Å². The van der Waals surface area contributed by atoms with Crippen molar-refractivity contribution >= 4 is 17.8 Å². The van der Waals surface area contributed by atoms with Crippen LogP contribution in [-0.2, 0) is 20.9 Å². The van der Waals surface area contributed by atoms with Crippen molar-refractivity contribution in [2.45, 2.75) is 25.9 Å². The standard InChI is InChI=1S/C26H27N3O3/c1-20(30)16-24-19-32-15-14-29(24)25(31)13-12-23-18-28(17-21-8-4-2-5-9-21)27-26(23)22-10-6-3-7-11-22/h2-13,18,24H,14-17,19H2,1H3/b13-12+. The van der Waals surface area contributed by atoms with Gasteiger partial charge in [-0.3, -0.25) is 14.3 Å². The number of morpholine rings is 1. The van der Waals surface area contributed by atoms with Crippen LogP contribution in [0.4, 0.5) is 0 Å². The van der Waals surface area contributed by atoms with Crippen LogP contribution >= 0.6 is 0 Å². The molecule has 32 heavy (non-hydrogen) atoms. The smallest absolute Gasteiger partial charge is 0.246 e. The maximum Gasteiger partial charge on any atom is 0.246 e. The summed E-state index contributed by atoms with van der Waals surface area (Å²) < 4.78 is 7.38. The fourth-order valence-corrected chi connectivity index (χ4v) is 3.93. The van der Waals surface area contributed by atoms with Crippen molar-refractivity contribution in [2.75, 3.05) is 19.8 Å². The Kier molecular flexibility index (Phi) is 6.92. The Morgan fingerprint density at radius 2 is 1.81 bits per heavy atom. The van der Waals surface area contributed by atoms with E-state index in [0.717, 1.165) is 22.4 Å². The maximum absolute atomic E-state index is 13.0. The zero-order chi connectivity index (χ0) is 22.3. The van der Waals surface area contributed by atoms with Gasteiger partial charge in [-0.1, -0.05) is 60.7 Å². The monoisotopic (exact) mass is 429 g/mol. The number of rotatable bonds is 7. The second-order valence-electron chi connectivity index (χ2n) is 7.98. The zero-order valence-corrected chi connectivity index (χ0v) is 18.2. The number of ketones is 1. The van der Waals surface area contributed by atoms with Gasteiger partial charge in [-0.05, 0) is 18.6 Å². The minimum Gasteiger partial charge on any atom is -0.377 e. The van der Waals surface area contributed by atoms with Crippen LogP contribution < -0.4 is 0 Å². The first-order valence-electron chi connectivity index (χ1n) is 10.8. The molecule has 0 N–H and O–H groups in total. The van der Waals surface area contributed by atoms with Crippen molar-refractivity contribution in [3.05, 3.63) is 84.1 Å². The van der Waals surface area contributed by atoms with Crippen LogP contribution in [0.1, 0.15) is 24.5 Å². The minimum absolute atomic E-state index is 0.0517. The zero-order valence-electron chi connectivity index (χ0n) is 18.2. The molecule has 4 rings (SSSR count). The molecule has 2 heterocycles. The van der Waals surface area contributed by atoms with Gasteiger partial charge in [0, 0.05) is 36.4 Å². The molecule has 0 saturated carbocycles. The van der Waals surface area contributed by atoms with Crippen LogP contribution in [0.2, 0.25) is 0 Å². The van der Waals surface area contributed by atoms with Crippen LogP contribution in [-0.4, -0.2) is 52.2 Å². The number of hydrogen-bond acceptors (Lipinski definition) is 4. The van der Waals surface area contributed by atoms with E-state index in [-0.39, 0.29) is 17.7 Å². The van der Waals surface area contributed by atoms with Gasteiger partial charge >= 0.3 is 0 Å². The van der Waals surface area contributed by atoms with E-state index in [9.17, 15) is 9.59 Å². The summed E-state index contributed by atoms with van der Waals surface area (Å²) in [6, 6.07) is 19.9. The van der Waals surface area contributed by atoms with Gasteiger partial charge in [-0.15, -0.1) is 0 Å². The molecular formula is C26H27N3O3. The average Bonchev–Trinajstić information content (AvgIpc) is 3.21. The van der Waals surface area contributed by atoms with E-state index in [1.165, 1.54) is 0 Å². The first kappa shape index (κ1) is 21.7. The number of Topliss-reactive ketones (excluding diaryl/α,β-unsaturated/α-hetero) is 1. The van der Waals surface area contributed by atoms with E-state index in [1.54, 1.807) is 17.9 Å². The van der Waals surface area contributed by atoms with Gasteiger partial charge in [0.1, 0.15) is 5.78 Å². The largest absolute Gasteiger partial charge is 0.377 e. The summed E-state index contributed by atoms with van der Waals surface area (Å²) in [6.07, 6.45) is 5.67. The number of ether oxygens (including phenoxy) is 1. The van der Waals surface area contributed by atoms with Gasteiger partial charge in [0.2, 0.25) is 5.91 Å². The number of amides is 1. The molecule has 1 fully saturated rings. The molecule has 3 aromatic rings. The Hall–Kier alpha value is -3.51. The second kappa shape index (κ2) is 10.2. The highest BCUT2D eigenvalue weighted by Gasteiger charge is 2.27. The molecule has 2 aromatic carbocycles. The van der Waals surface area contributed by atoms with Crippen molar-refractivity contribution in [1.82, 2.24) is 14.7 Å². The molecule has 1 saturated heterocycles. The number of carbonyl (C=O) groups is 2. The van der Waals surface area contributed by atoms with Crippen LogP contribution in [0.15, 0.2) is 72.9 Å². The molecule has 1 unspecified atom stereocenters. The predicted octanol–water partition coefficient (Wildman–Crippen LogP) is 3.82. The fraction of sp³-hybridized carbons (Fsp3) is 0.269. The molecule has 1 aliphatic rings. The molecule has 0 spiro atoms. The molecule has 164 valence electrons. The van der Waals surface area contributed by atoms with Crippen molar-refractivity contribution in [1.29, 1.82) is 0 Å². The first-order chi connectivity index (χ1) is 15.6. The van der Waals surface area contributed by atoms with Gasteiger partial charge in [0.15, 0.2) is 0 Å². The lowest BCUT2D eigenvalue weighted by molar-refractivity contribution is -0.136. The van der Waals surface area contributed by atoms with E-state index < -0.39 is 0 Å². The molecule has 0 aliphatic carbocycles. The highest BCUT2D eigenvalue weighted by Crippen LogP contribution is 2.24. The van der Waals surface area contributed by atoms with E-state index in [1.807, 2.05) is 65.5 Å². The van der Waals surface area contributed by atoms with Gasteiger partial charge in [0.25, 0.3) is 0 Å². The van der Waals surface area contributed by atoms with Crippen LogP contribution in [0.25, 0.3) is 17.3 Å². The Morgan fingerprint density at radius 3 is 2.53 bits per heavy atom. The summed E-state index contributed by atoms with van der Waals surface area (Å²) in [5, 5.41) is 4.80. The van der Waals surface area contributed by atoms with Gasteiger partial charge in [0.05, 0.1) is 31.5 Å². The van der Waals surface area contributed by atoms with Gasteiger partial charge in [-0.2, -0.15) is 5.10 Å². The molecule has 1 aliphatic heterocycles. The van der Waals surface area contributed by atoms with Gasteiger partial charge in [-0.25, -0.2) is 0 Å². The molecule has 0 bridgehead atoms. The molecule has 6 nitrogen and oxygen atoms in total. The molecule has 1 amide bonds. The van der Waals surface area contributed by atoms with Crippen molar-refractivity contribution in [3.63, 3.8) is 0 Å². The summed E-state index contributed by atoms with van der Waals surface area (Å²) in [5.74, 6) is -0.0646. The van der Waals surface area contributed by atoms with Crippen molar-refractivity contribution < 1.29 is 14.3 Å². The first-order valence-corrected chi connectivity index (χ1v) is 10.8. The molecule has 1 atom stereocenters. The maximum atomic E-state index is 13.0. The number of carbonyl (C=O) groups excluding carboxylic acids is 2. The molecule has 0 radical (unpaired) electrons. The van der Waals surface area contributed by atoms with E-state index >= 15 is 0 Å². The van der Waals surface area contributed by atoms with Crippen LogP contribution in [0.5, 0.6) is 0 Å². The average molecular weight is 430 g/mol. The van der Waals surface area contributed by atoms with E-state index in [4.69, 9.17) is 9.84 Å². The van der Waals surface area contributed by atoms with Crippen molar-refractivity contribution in [2.24, 2.45) is 0 Å². The lowest BCUT2D eigenvalue weighted by atomic mass is 10.1. The Labute approximate surface area is 188 Å². The third-order valence-electron chi connectivity index (χ3n) is 5.46. The van der Waals surface area contributed by atoms with Crippen LogP contribution in [0.3, 0.4) is 0 Å². The third-order valence-corrected chi connectivity index (χ3v) is 5.46. The van der Waals surface area contributed by atoms with E-state index in [0.29, 0.717) is 32.7 Å². The Balaban J connectivity index is 1.59. The summed E-state index contributed by atoms with van der Waals surface area (Å²) in [7, 11) is 0. The van der Waals surface area contributed by atoms with Gasteiger partial charge < -0.3 is 9.64 Å². The summed E-state index contributed by atoms with van der Waals surface area (Å²) in [6.45, 7) is 3.55. The summed E-state index contributed by atoms with van der Waals surface area (Å²) in [5.41, 5.74) is 3.85. The third kappa shape index (κ3) is 5.39. The Bertz CT molecular complexity index is 1090. The normalized spacial score (nSPS) is 16.4. The quantitative estimate of drug-likeness (QED) is 0.536. The number of benzene rings is 2. The van der Waals surface area contributed by atoms with E-state index in [2.05, 4.69) is 12.1 Å². The topological polar surface area (TPSA) is 64.4 Å². The SMILES string of the molecule is CC(=O)CC1COCCN1C(=O)/C=C/c1cn(Cc2ccccc2)nc1-c1ccccc1.